The molecule has 96 valence electrons. The average molecular weight is 236 g/mol. The SMILES string of the molecule is CC1CCCCC1N(C)CCn1cc(N)cn1. The fourth-order valence-corrected chi connectivity index (χ4v) is 2.88. The summed E-state index contributed by atoms with van der Waals surface area (Å²) in [5.74, 6) is 0.830. The molecular formula is C13H24N4. The normalized spacial score (nSPS) is 25.4. The second-order valence-electron chi connectivity index (χ2n) is 5.35. The van der Waals surface area contributed by atoms with Gasteiger partial charge in [-0.3, -0.25) is 4.68 Å². The summed E-state index contributed by atoms with van der Waals surface area (Å²) in [7, 11) is 2.24. The van der Waals surface area contributed by atoms with E-state index in [4.69, 9.17) is 5.73 Å². The third-order valence-corrected chi connectivity index (χ3v) is 3.97. The van der Waals surface area contributed by atoms with Crippen LogP contribution < -0.4 is 5.73 Å². The lowest BCUT2D eigenvalue weighted by molar-refractivity contribution is 0.134. The molecule has 17 heavy (non-hydrogen) atoms. The number of nitrogens with two attached hydrogens (primary N) is 1. The van der Waals surface area contributed by atoms with Crippen molar-refractivity contribution in [3.8, 4) is 0 Å². The van der Waals surface area contributed by atoms with Gasteiger partial charge in [0, 0.05) is 18.8 Å². The minimum absolute atomic E-state index is 0.747. The van der Waals surface area contributed by atoms with Gasteiger partial charge >= 0.3 is 0 Å². The third kappa shape index (κ3) is 3.22. The summed E-state index contributed by atoms with van der Waals surface area (Å²) >= 11 is 0. The summed E-state index contributed by atoms with van der Waals surface area (Å²) in [4.78, 5) is 2.49. The molecule has 0 aromatic carbocycles. The molecule has 4 heteroatoms. The summed E-state index contributed by atoms with van der Waals surface area (Å²) in [6, 6.07) is 0.747. The van der Waals surface area contributed by atoms with Crippen LogP contribution >= 0.6 is 0 Å². The van der Waals surface area contributed by atoms with Crippen LogP contribution in [-0.2, 0) is 6.54 Å². The highest BCUT2D eigenvalue weighted by molar-refractivity contribution is 5.30. The van der Waals surface area contributed by atoms with Crippen molar-refractivity contribution >= 4 is 5.69 Å². The second kappa shape index (κ2) is 5.54. The van der Waals surface area contributed by atoms with E-state index in [2.05, 4.69) is 24.0 Å². The number of nitrogen functional groups attached to an aromatic ring is 1. The molecule has 1 aromatic heterocycles. The smallest absolute Gasteiger partial charge is 0.0719 e. The van der Waals surface area contributed by atoms with E-state index in [9.17, 15) is 0 Å². The van der Waals surface area contributed by atoms with Crippen LogP contribution in [0.15, 0.2) is 12.4 Å². The van der Waals surface area contributed by atoms with Gasteiger partial charge in [0.25, 0.3) is 0 Å². The highest BCUT2D eigenvalue weighted by Crippen LogP contribution is 2.27. The number of aromatic nitrogens is 2. The van der Waals surface area contributed by atoms with Crippen LogP contribution in [0.3, 0.4) is 0 Å². The van der Waals surface area contributed by atoms with Gasteiger partial charge in [-0.2, -0.15) is 5.10 Å². The molecule has 2 unspecified atom stereocenters. The Kier molecular flexibility index (Phi) is 4.05. The lowest BCUT2D eigenvalue weighted by Gasteiger charge is -2.36. The van der Waals surface area contributed by atoms with E-state index >= 15 is 0 Å². The topological polar surface area (TPSA) is 47.1 Å². The lowest BCUT2D eigenvalue weighted by Crippen LogP contribution is -2.40. The fourth-order valence-electron chi connectivity index (χ4n) is 2.88. The highest BCUT2D eigenvalue weighted by Gasteiger charge is 2.24. The van der Waals surface area contributed by atoms with E-state index in [-0.39, 0.29) is 0 Å². The van der Waals surface area contributed by atoms with E-state index in [0.717, 1.165) is 30.7 Å². The first kappa shape index (κ1) is 12.4. The first-order valence-corrected chi connectivity index (χ1v) is 6.65. The van der Waals surface area contributed by atoms with E-state index in [1.54, 1.807) is 6.20 Å². The van der Waals surface area contributed by atoms with Crippen LogP contribution in [0.4, 0.5) is 5.69 Å². The maximum atomic E-state index is 5.65. The molecule has 0 bridgehead atoms. The predicted molar refractivity (Wildman–Crippen MR) is 70.7 cm³/mol. The Morgan fingerprint density at radius 2 is 2.24 bits per heavy atom. The van der Waals surface area contributed by atoms with Crippen molar-refractivity contribution in [2.75, 3.05) is 19.3 Å². The molecule has 1 aliphatic rings. The molecule has 0 amide bonds. The van der Waals surface area contributed by atoms with E-state index in [1.165, 1.54) is 25.7 Å². The zero-order chi connectivity index (χ0) is 12.3. The summed E-state index contributed by atoms with van der Waals surface area (Å²) in [5, 5.41) is 4.22. The van der Waals surface area contributed by atoms with Gasteiger partial charge in [0.2, 0.25) is 0 Å². The zero-order valence-corrected chi connectivity index (χ0v) is 11.0. The molecule has 0 spiro atoms. The van der Waals surface area contributed by atoms with Gasteiger partial charge in [-0.05, 0) is 25.8 Å². The predicted octanol–water partition coefficient (Wildman–Crippen LogP) is 1.98. The first-order valence-electron chi connectivity index (χ1n) is 6.65. The fraction of sp³-hybridized carbons (Fsp3) is 0.769. The number of rotatable bonds is 4. The van der Waals surface area contributed by atoms with E-state index in [0.29, 0.717) is 0 Å². The largest absolute Gasteiger partial charge is 0.396 e. The van der Waals surface area contributed by atoms with Crippen molar-refractivity contribution in [3.63, 3.8) is 0 Å². The molecule has 2 rings (SSSR count). The van der Waals surface area contributed by atoms with Crippen LogP contribution in [0.25, 0.3) is 0 Å². The minimum Gasteiger partial charge on any atom is -0.396 e. The molecule has 2 atom stereocenters. The maximum Gasteiger partial charge on any atom is 0.0719 e. The van der Waals surface area contributed by atoms with E-state index in [1.807, 2.05) is 10.9 Å². The second-order valence-corrected chi connectivity index (χ2v) is 5.35. The number of hydrogen-bond acceptors (Lipinski definition) is 3. The number of likely N-dealkylation sites (N-methyl/N-ethyl adjacent to an activating group) is 1. The van der Waals surface area contributed by atoms with Gasteiger partial charge < -0.3 is 10.6 Å². The number of hydrogen-bond donors (Lipinski definition) is 1. The van der Waals surface area contributed by atoms with Crippen LogP contribution in [-0.4, -0.2) is 34.3 Å². The van der Waals surface area contributed by atoms with Crippen molar-refractivity contribution in [3.05, 3.63) is 12.4 Å². The van der Waals surface area contributed by atoms with Crippen LogP contribution in [0, 0.1) is 5.92 Å². The quantitative estimate of drug-likeness (QED) is 0.869. The van der Waals surface area contributed by atoms with Gasteiger partial charge in [0.1, 0.15) is 0 Å². The minimum atomic E-state index is 0.747. The van der Waals surface area contributed by atoms with Crippen molar-refractivity contribution < 1.29 is 0 Å². The molecule has 4 nitrogen and oxygen atoms in total. The summed E-state index contributed by atoms with van der Waals surface area (Å²) < 4.78 is 1.93. The maximum absolute atomic E-state index is 5.65. The summed E-state index contributed by atoms with van der Waals surface area (Å²) in [6.07, 6.45) is 9.12. The molecule has 0 saturated heterocycles. The van der Waals surface area contributed by atoms with Gasteiger partial charge in [0.05, 0.1) is 18.4 Å². The van der Waals surface area contributed by atoms with Crippen molar-refractivity contribution in [2.45, 2.75) is 45.2 Å². The van der Waals surface area contributed by atoms with Gasteiger partial charge in [-0.1, -0.05) is 19.8 Å². The Morgan fingerprint density at radius 1 is 1.47 bits per heavy atom. The summed E-state index contributed by atoms with van der Waals surface area (Å²) in [5.41, 5.74) is 6.40. The van der Waals surface area contributed by atoms with Crippen LogP contribution in [0.5, 0.6) is 0 Å². The Morgan fingerprint density at radius 3 is 2.88 bits per heavy atom. The molecule has 1 saturated carbocycles. The Balaban J connectivity index is 1.82. The Hall–Kier alpha value is -1.03. The third-order valence-electron chi connectivity index (χ3n) is 3.97. The summed E-state index contributed by atoms with van der Waals surface area (Å²) in [6.45, 7) is 4.36. The van der Waals surface area contributed by atoms with E-state index < -0.39 is 0 Å². The van der Waals surface area contributed by atoms with Crippen LogP contribution in [0.1, 0.15) is 32.6 Å². The Bertz CT molecular complexity index is 347. The van der Waals surface area contributed by atoms with Crippen LogP contribution in [0.2, 0.25) is 0 Å². The number of anilines is 1. The molecular weight excluding hydrogens is 212 g/mol. The monoisotopic (exact) mass is 236 g/mol. The van der Waals surface area contributed by atoms with Gasteiger partial charge in [-0.25, -0.2) is 0 Å². The van der Waals surface area contributed by atoms with Gasteiger partial charge in [-0.15, -0.1) is 0 Å². The molecule has 1 heterocycles. The molecule has 0 aliphatic heterocycles. The molecule has 0 radical (unpaired) electrons. The average Bonchev–Trinajstić information content (AvgIpc) is 2.73. The molecule has 1 aromatic rings. The standard InChI is InChI=1S/C13H24N4/c1-11-5-3-4-6-13(11)16(2)7-8-17-10-12(14)9-15-17/h9-11,13H,3-8,14H2,1-2H3. The number of nitrogens with zero attached hydrogens (tertiary/aromatic N) is 3. The lowest BCUT2D eigenvalue weighted by atomic mass is 9.85. The molecule has 1 aliphatic carbocycles. The Labute approximate surface area is 104 Å². The highest BCUT2D eigenvalue weighted by atomic mass is 15.3. The molecule has 1 fully saturated rings. The van der Waals surface area contributed by atoms with Crippen molar-refractivity contribution in [1.29, 1.82) is 0 Å². The first-order chi connectivity index (χ1) is 8.16. The van der Waals surface area contributed by atoms with Gasteiger partial charge in [0.15, 0.2) is 0 Å². The molecule has 2 N–H and O–H groups in total. The van der Waals surface area contributed by atoms with Crippen molar-refractivity contribution in [2.24, 2.45) is 5.92 Å². The van der Waals surface area contributed by atoms with Crippen molar-refractivity contribution in [1.82, 2.24) is 14.7 Å². The zero-order valence-electron chi connectivity index (χ0n) is 11.0.